The van der Waals surface area contributed by atoms with Gasteiger partial charge in [-0.2, -0.15) is 0 Å². The largest absolute Gasteiger partial charge is 0.310 e. The molecule has 288 valence electrons. The Morgan fingerprint density at radius 1 is 0.328 bits per heavy atom. The zero-order chi connectivity index (χ0) is 40.7. The fourth-order valence-electron chi connectivity index (χ4n) is 11.1. The van der Waals surface area contributed by atoms with Crippen LogP contribution in [0, 0.1) is 0 Å². The molecule has 2 aliphatic carbocycles. The lowest BCUT2D eigenvalue weighted by atomic mass is 9.67. The van der Waals surface area contributed by atoms with E-state index in [2.05, 4.69) is 243 Å². The van der Waals surface area contributed by atoms with Gasteiger partial charge >= 0.3 is 0 Å². The van der Waals surface area contributed by atoms with Crippen LogP contribution in [0.5, 0.6) is 0 Å². The van der Waals surface area contributed by atoms with Gasteiger partial charge < -0.3 is 4.90 Å². The Morgan fingerprint density at radius 3 is 1.59 bits per heavy atom. The molecule has 0 fully saturated rings. The van der Waals surface area contributed by atoms with Crippen molar-refractivity contribution in [1.29, 1.82) is 0 Å². The third-order valence-corrected chi connectivity index (χ3v) is 13.6. The minimum Gasteiger partial charge on any atom is -0.310 e. The molecule has 1 heteroatoms. The molecule has 10 aromatic carbocycles. The summed E-state index contributed by atoms with van der Waals surface area (Å²) in [6.07, 6.45) is 0. The van der Waals surface area contributed by atoms with Crippen molar-refractivity contribution < 1.29 is 0 Å². The van der Waals surface area contributed by atoms with E-state index in [4.69, 9.17) is 0 Å². The van der Waals surface area contributed by atoms with Gasteiger partial charge in [0.25, 0.3) is 0 Å². The van der Waals surface area contributed by atoms with Crippen molar-refractivity contribution in [3.63, 3.8) is 0 Å². The molecule has 1 nitrogen and oxygen atoms in total. The zero-order valence-electron chi connectivity index (χ0n) is 34.3. The Bertz CT molecular complexity index is 3290. The smallest absolute Gasteiger partial charge is 0.0714 e. The van der Waals surface area contributed by atoms with Crippen LogP contribution < -0.4 is 4.90 Å². The summed E-state index contributed by atoms with van der Waals surface area (Å²) in [5.41, 5.74) is 18.3. The van der Waals surface area contributed by atoms with E-state index in [-0.39, 0.29) is 5.41 Å². The van der Waals surface area contributed by atoms with E-state index in [0.717, 1.165) is 17.1 Å². The Labute approximate surface area is 357 Å². The van der Waals surface area contributed by atoms with Gasteiger partial charge in [-0.1, -0.05) is 202 Å². The molecule has 0 N–H and O–H groups in total. The fourth-order valence-corrected chi connectivity index (χ4v) is 11.1. The normalized spacial score (nSPS) is 14.0. The molecule has 0 aliphatic heterocycles. The van der Waals surface area contributed by atoms with Crippen molar-refractivity contribution in [2.24, 2.45) is 0 Å². The summed E-state index contributed by atoms with van der Waals surface area (Å²) in [7, 11) is 0. The van der Waals surface area contributed by atoms with E-state index in [9.17, 15) is 0 Å². The van der Waals surface area contributed by atoms with E-state index in [1.807, 2.05) is 0 Å². The summed E-state index contributed by atoms with van der Waals surface area (Å²) >= 11 is 0. The van der Waals surface area contributed by atoms with Gasteiger partial charge in [0.15, 0.2) is 0 Å². The van der Waals surface area contributed by atoms with Crippen LogP contribution in [0.15, 0.2) is 224 Å². The SMILES string of the molecule is CC1(C)c2c(ccc3ccccc23)-c2ccc3cc(N(c4cccc(-c5ccccc5)c4)c4ccc5c(c4)C(c4ccccc4)(c4ccccc4)c4ccccc4-5)ccc3c21. The molecular weight excluding hydrogens is 735 g/mol. The predicted molar refractivity (Wildman–Crippen MR) is 256 cm³/mol. The van der Waals surface area contributed by atoms with Crippen LogP contribution >= 0.6 is 0 Å². The Kier molecular flexibility index (Phi) is 7.86. The maximum absolute atomic E-state index is 2.47. The fraction of sp³-hybridized carbons (Fsp3) is 0.0667. The van der Waals surface area contributed by atoms with E-state index < -0.39 is 5.41 Å². The molecule has 0 amide bonds. The van der Waals surface area contributed by atoms with Crippen LogP contribution in [-0.2, 0) is 10.8 Å². The monoisotopic (exact) mass is 777 g/mol. The third-order valence-electron chi connectivity index (χ3n) is 13.6. The first-order valence-electron chi connectivity index (χ1n) is 21.4. The van der Waals surface area contributed by atoms with Crippen molar-refractivity contribution in [2.45, 2.75) is 24.7 Å². The molecule has 0 heterocycles. The standard InChI is InChI=1S/C60H43N/c1-59(2)57-49-26-13-12-19-41(49)29-33-53(57)54-34-30-43-38-47(31-35-50(43)58(54)59)61(46-25-16-20-42(37-46)40-17-6-3-7-18-40)48-32-36-52-51-27-14-15-28-55(51)60(56(52)39-48,44-21-8-4-9-22-44)45-23-10-5-11-24-45/h3-39H,1-2H3. The van der Waals surface area contributed by atoms with Gasteiger partial charge in [-0.05, 0) is 125 Å². The van der Waals surface area contributed by atoms with Gasteiger partial charge in [0.05, 0.1) is 5.41 Å². The lowest BCUT2D eigenvalue weighted by molar-refractivity contribution is 0.672. The van der Waals surface area contributed by atoms with Crippen LogP contribution in [0.2, 0.25) is 0 Å². The van der Waals surface area contributed by atoms with Crippen LogP contribution in [0.1, 0.15) is 47.2 Å². The highest BCUT2D eigenvalue weighted by Gasteiger charge is 2.46. The van der Waals surface area contributed by atoms with Crippen LogP contribution in [-0.4, -0.2) is 0 Å². The molecule has 2 aliphatic rings. The summed E-state index contributed by atoms with van der Waals surface area (Å²) in [5, 5.41) is 5.18. The second-order valence-electron chi connectivity index (χ2n) is 17.2. The molecule has 0 radical (unpaired) electrons. The zero-order valence-corrected chi connectivity index (χ0v) is 34.3. The van der Waals surface area contributed by atoms with Crippen LogP contribution in [0.25, 0.3) is 54.9 Å². The van der Waals surface area contributed by atoms with Crippen molar-refractivity contribution in [3.8, 4) is 33.4 Å². The number of rotatable bonds is 6. The Hall–Kier alpha value is -7.48. The summed E-state index contributed by atoms with van der Waals surface area (Å²) in [5.74, 6) is 0. The van der Waals surface area contributed by atoms with Gasteiger partial charge in [0.1, 0.15) is 0 Å². The molecule has 0 spiro atoms. The van der Waals surface area contributed by atoms with Crippen molar-refractivity contribution >= 4 is 38.6 Å². The highest BCUT2D eigenvalue weighted by atomic mass is 15.1. The average Bonchev–Trinajstić information content (AvgIpc) is 3.75. The number of anilines is 3. The first-order valence-corrected chi connectivity index (χ1v) is 21.4. The lowest BCUT2D eigenvalue weighted by Crippen LogP contribution is -2.28. The van der Waals surface area contributed by atoms with E-state index >= 15 is 0 Å². The van der Waals surface area contributed by atoms with Gasteiger partial charge in [-0.3, -0.25) is 0 Å². The maximum atomic E-state index is 2.47. The Morgan fingerprint density at radius 2 is 0.852 bits per heavy atom. The molecule has 0 saturated heterocycles. The van der Waals surface area contributed by atoms with Crippen molar-refractivity contribution in [1.82, 2.24) is 0 Å². The van der Waals surface area contributed by atoms with E-state index in [0.29, 0.717) is 0 Å². The van der Waals surface area contributed by atoms with Crippen LogP contribution in [0.3, 0.4) is 0 Å². The average molecular weight is 778 g/mol. The highest BCUT2D eigenvalue weighted by molar-refractivity contribution is 6.04. The minimum atomic E-state index is -0.503. The quantitative estimate of drug-likeness (QED) is 0.163. The van der Waals surface area contributed by atoms with Gasteiger partial charge in [0.2, 0.25) is 0 Å². The maximum Gasteiger partial charge on any atom is 0.0714 e. The third kappa shape index (κ3) is 5.20. The molecule has 0 saturated carbocycles. The highest BCUT2D eigenvalue weighted by Crippen LogP contribution is 2.58. The molecule has 0 unspecified atom stereocenters. The van der Waals surface area contributed by atoms with Gasteiger partial charge in [0, 0.05) is 22.5 Å². The van der Waals surface area contributed by atoms with Gasteiger partial charge in [-0.25, -0.2) is 0 Å². The molecule has 12 rings (SSSR count). The number of nitrogens with zero attached hydrogens (tertiary/aromatic N) is 1. The molecule has 61 heavy (non-hydrogen) atoms. The van der Waals surface area contributed by atoms with Crippen molar-refractivity contribution in [3.05, 3.63) is 258 Å². The molecular formula is C60H43N. The Balaban J connectivity index is 1.09. The topological polar surface area (TPSA) is 3.24 Å². The predicted octanol–water partition coefficient (Wildman–Crippen LogP) is 15.8. The second-order valence-corrected chi connectivity index (χ2v) is 17.2. The first-order chi connectivity index (χ1) is 30.0. The van der Waals surface area contributed by atoms with Gasteiger partial charge in [-0.15, -0.1) is 0 Å². The number of hydrogen-bond donors (Lipinski definition) is 0. The summed E-state index contributed by atoms with van der Waals surface area (Å²) < 4.78 is 0. The summed E-state index contributed by atoms with van der Waals surface area (Å²) in [6, 6.07) is 83.4. The molecule has 0 aromatic heterocycles. The summed E-state index contributed by atoms with van der Waals surface area (Å²) in [4.78, 5) is 2.47. The van der Waals surface area contributed by atoms with Crippen molar-refractivity contribution in [2.75, 3.05) is 4.90 Å². The van der Waals surface area contributed by atoms with E-state index in [1.165, 1.54) is 88.3 Å². The molecule has 10 aromatic rings. The van der Waals surface area contributed by atoms with E-state index in [1.54, 1.807) is 0 Å². The number of hydrogen-bond acceptors (Lipinski definition) is 1. The number of benzene rings is 10. The second kappa shape index (κ2) is 13.5. The van der Waals surface area contributed by atoms with Crippen LogP contribution in [0.4, 0.5) is 17.1 Å². The summed E-state index contributed by atoms with van der Waals surface area (Å²) in [6.45, 7) is 4.82. The first kappa shape index (κ1) is 35.5. The number of fused-ring (bicyclic) bond motifs is 10. The minimum absolute atomic E-state index is 0.163. The molecule has 0 atom stereocenters. The lowest BCUT2D eigenvalue weighted by Gasteiger charge is -2.35. The molecule has 0 bridgehead atoms.